The SMILES string of the molecule is COCOc1cc(-c2oc3cc(C)ccc3c(=O)c2OCOC)ccc1OCc1ccccc1. The van der Waals surface area contributed by atoms with E-state index in [1.54, 1.807) is 24.3 Å². The van der Waals surface area contributed by atoms with E-state index in [9.17, 15) is 4.79 Å². The van der Waals surface area contributed by atoms with Gasteiger partial charge in [-0.15, -0.1) is 0 Å². The summed E-state index contributed by atoms with van der Waals surface area (Å²) in [4.78, 5) is 13.2. The highest BCUT2D eigenvalue weighted by Gasteiger charge is 2.20. The maximum absolute atomic E-state index is 13.2. The summed E-state index contributed by atoms with van der Waals surface area (Å²) in [5.41, 5.74) is 2.77. The van der Waals surface area contributed by atoms with E-state index in [4.69, 9.17) is 28.1 Å². The Morgan fingerprint density at radius 2 is 1.56 bits per heavy atom. The Balaban J connectivity index is 1.77. The second-order valence-corrected chi connectivity index (χ2v) is 7.63. The fourth-order valence-electron chi connectivity index (χ4n) is 3.46. The summed E-state index contributed by atoms with van der Waals surface area (Å²) in [7, 11) is 3.02. The number of rotatable bonds is 10. The van der Waals surface area contributed by atoms with Crippen LogP contribution in [0.15, 0.2) is 75.9 Å². The summed E-state index contributed by atoms with van der Waals surface area (Å²) < 4.78 is 33.7. The summed E-state index contributed by atoms with van der Waals surface area (Å²) in [6.07, 6.45) is 0. The second-order valence-electron chi connectivity index (χ2n) is 7.63. The molecule has 0 radical (unpaired) electrons. The number of fused-ring (bicyclic) bond motifs is 1. The Hall–Kier alpha value is -3.81. The highest BCUT2D eigenvalue weighted by molar-refractivity contribution is 5.82. The van der Waals surface area contributed by atoms with E-state index in [1.165, 1.54) is 14.2 Å². The molecule has 3 aromatic carbocycles. The quantitative estimate of drug-likeness (QED) is 0.296. The lowest BCUT2D eigenvalue weighted by Gasteiger charge is -2.15. The van der Waals surface area contributed by atoms with Gasteiger partial charge in [-0.1, -0.05) is 36.4 Å². The monoisotopic (exact) mass is 462 g/mol. The lowest BCUT2D eigenvalue weighted by molar-refractivity contribution is 0.0483. The van der Waals surface area contributed by atoms with Gasteiger partial charge < -0.3 is 28.1 Å². The highest BCUT2D eigenvalue weighted by Crippen LogP contribution is 2.37. The van der Waals surface area contributed by atoms with Crippen LogP contribution in [0.5, 0.6) is 17.2 Å². The normalized spacial score (nSPS) is 10.9. The number of hydrogen-bond acceptors (Lipinski definition) is 7. The molecule has 0 aliphatic carbocycles. The molecule has 0 saturated heterocycles. The number of methoxy groups -OCH3 is 2. The molecule has 0 saturated carbocycles. The van der Waals surface area contributed by atoms with Gasteiger partial charge in [0.05, 0.1) is 5.39 Å². The van der Waals surface area contributed by atoms with E-state index in [1.807, 2.05) is 49.4 Å². The third-order valence-electron chi connectivity index (χ3n) is 5.10. The lowest BCUT2D eigenvalue weighted by Crippen LogP contribution is -2.12. The average molecular weight is 462 g/mol. The van der Waals surface area contributed by atoms with Gasteiger partial charge in [0.25, 0.3) is 0 Å². The number of hydrogen-bond donors (Lipinski definition) is 0. The molecule has 34 heavy (non-hydrogen) atoms. The first-order valence-electron chi connectivity index (χ1n) is 10.7. The van der Waals surface area contributed by atoms with E-state index in [0.717, 1.165) is 11.1 Å². The molecule has 0 aliphatic heterocycles. The predicted octanol–water partition coefficient (Wildman–Crippen LogP) is 5.31. The van der Waals surface area contributed by atoms with Gasteiger partial charge in [0.1, 0.15) is 12.2 Å². The number of aryl methyl sites for hydroxylation is 1. The molecule has 1 heterocycles. The fraction of sp³-hybridized carbons (Fsp3) is 0.222. The van der Waals surface area contributed by atoms with Gasteiger partial charge in [0.2, 0.25) is 11.2 Å². The van der Waals surface area contributed by atoms with Crippen molar-refractivity contribution in [1.29, 1.82) is 0 Å². The number of benzene rings is 3. The minimum absolute atomic E-state index is 0.0268. The van der Waals surface area contributed by atoms with Crippen molar-refractivity contribution in [1.82, 2.24) is 0 Å². The summed E-state index contributed by atoms with van der Waals surface area (Å²) in [6, 6.07) is 20.5. The summed E-state index contributed by atoms with van der Waals surface area (Å²) in [5.74, 6) is 1.31. The minimum atomic E-state index is -0.280. The Morgan fingerprint density at radius 3 is 2.32 bits per heavy atom. The average Bonchev–Trinajstić information content (AvgIpc) is 2.86. The first kappa shape index (κ1) is 23.4. The van der Waals surface area contributed by atoms with Gasteiger partial charge in [-0.25, -0.2) is 0 Å². The van der Waals surface area contributed by atoms with E-state index in [0.29, 0.717) is 34.6 Å². The molecule has 4 aromatic rings. The van der Waals surface area contributed by atoms with Crippen LogP contribution in [-0.2, 0) is 16.1 Å². The molecule has 0 spiro atoms. The van der Waals surface area contributed by atoms with Crippen molar-refractivity contribution in [3.05, 3.63) is 88.1 Å². The van der Waals surface area contributed by atoms with Gasteiger partial charge in [0, 0.05) is 19.8 Å². The van der Waals surface area contributed by atoms with Gasteiger partial charge in [-0.05, 0) is 48.4 Å². The molecule has 7 nitrogen and oxygen atoms in total. The van der Waals surface area contributed by atoms with Gasteiger partial charge >= 0.3 is 0 Å². The predicted molar refractivity (Wildman–Crippen MR) is 128 cm³/mol. The van der Waals surface area contributed by atoms with E-state index >= 15 is 0 Å². The van der Waals surface area contributed by atoms with Crippen LogP contribution < -0.4 is 19.6 Å². The Bertz CT molecular complexity index is 1310. The topological polar surface area (TPSA) is 76.4 Å². The first-order valence-corrected chi connectivity index (χ1v) is 10.7. The van der Waals surface area contributed by atoms with Crippen molar-refractivity contribution >= 4 is 11.0 Å². The second kappa shape index (κ2) is 10.9. The van der Waals surface area contributed by atoms with Crippen LogP contribution in [0.25, 0.3) is 22.3 Å². The van der Waals surface area contributed by atoms with Crippen LogP contribution in [0.2, 0.25) is 0 Å². The van der Waals surface area contributed by atoms with Gasteiger partial charge in [-0.2, -0.15) is 0 Å². The molecule has 7 heteroatoms. The Kier molecular flexibility index (Phi) is 7.47. The minimum Gasteiger partial charge on any atom is -0.485 e. The lowest BCUT2D eigenvalue weighted by atomic mass is 10.1. The first-order chi connectivity index (χ1) is 16.6. The third-order valence-corrected chi connectivity index (χ3v) is 5.10. The van der Waals surface area contributed by atoms with Crippen LogP contribution in [0.1, 0.15) is 11.1 Å². The standard InChI is InChI=1S/C27H26O7/c1-18-9-11-21-23(13-18)34-26(27(25(21)28)33-17-30-3)20-10-12-22(24(14-20)32-16-29-2)31-15-19-7-5-4-6-8-19/h4-14H,15-17H2,1-3H3. The van der Waals surface area contributed by atoms with E-state index in [-0.39, 0.29) is 30.5 Å². The van der Waals surface area contributed by atoms with Crippen molar-refractivity contribution in [2.24, 2.45) is 0 Å². The maximum atomic E-state index is 13.2. The molecule has 0 aliphatic rings. The molecule has 176 valence electrons. The fourth-order valence-corrected chi connectivity index (χ4v) is 3.46. The summed E-state index contributed by atoms with van der Waals surface area (Å²) >= 11 is 0. The maximum Gasteiger partial charge on any atom is 0.235 e. The molecule has 1 aromatic heterocycles. The van der Waals surface area contributed by atoms with Crippen molar-refractivity contribution in [2.75, 3.05) is 27.8 Å². The van der Waals surface area contributed by atoms with Crippen molar-refractivity contribution in [3.63, 3.8) is 0 Å². The largest absolute Gasteiger partial charge is 0.485 e. The summed E-state index contributed by atoms with van der Waals surface area (Å²) in [5, 5.41) is 0.430. The molecule has 0 unspecified atom stereocenters. The number of ether oxygens (including phenoxy) is 5. The van der Waals surface area contributed by atoms with Crippen LogP contribution in [0.4, 0.5) is 0 Å². The van der Waals surface area contributed by atoms with Crippen LogP contribution in [0.3, 0.4) is 0 Å². The van der Waals surface area contributed by atoms with Gasteiger partial charge in [0.15, 0.2) is 30.8 Å². The smallest absolute Gasteiger partial charge is 0.235 e. The van der Waals surface area contributed by atoms with Crippen molar-refractivity contribution < 1.29 is 28.1 Å². The van der Waals surface area contributed by atoms with Crippen LogP contribution in [0, 0.1) is 6.92 Å². The van der Waals surface area contributed by atoms with Crippen LogP contribution in [-0.4, -0.2) is 27.8 Å². The molecule has 0 atom stereocenters. The molecule has 0 N–H and O–H groups in total. The Labute approximate surface area is 197 Å². The molecule has 0 fully saturated rings. The van der Waals surface area contributed by atoms with E-state index < -0.39 is 0 Å². The molecule has 0 bridgehead atoms. The van der Waals surface area contributed by atoms with Crippen molar-refractivity contribution in [3.8, 4) is 28.6 Å². The zero-order chi connectivity index (χ0) is 23.9. The molecular weight excluding hydrogens is 436 g/mol. The molecule has 4 rings (SSSR count). The molecular formula is C27H26O7. The van der Waals surface area contributed by atoms with Crippen LogP contribution >= 0.6 is 0 Å². The zero-order valence-corrected chi connectivity index (χ0v) is 19.3. The van der Waals surface area contributed by atoms with Gasteiger partial charge in [-0.3, -0.25) is 4.79 Å². The highest BCUT2D eigenvalue weighted by atomic mass is 16.7. The Morgan fingerprint density at radius 1 is 0.794 bits per heavy atom. The zero-order valence-electron chi connectivity index (χ0n) is 19.3. The van der Waals surface area contributed by atoms with Crippen molar-refractivity contribution in [2.45, 2.75) is 13.5 Å². The third kappa shape index (κ3) is 5.22. The molecule has 0 amide bonds. The van der Waals surface area contributed by atoms with E-state index in [2.05, 4.69) is 0 Å². The summed E-state index contributed by atoms with van der Waals surface area (Å²) in [6.45, 7) is 2.24.